The zero-order chi connectivity index (χ0) is 15.5. The van der Waals surface area contributed by atoms with Gasteiger partial charge in [-0.2, -0.15) is 0 Å². The molecule has 2 heterocycles. The van der Waals surface area contributed by atoms with Crippen LogP contribution in [0.25, 0.3) is 0 Å². The lowest BCUT2D eigenvalue weighted by atomic mass is 10.1. The molecule has 0 amide bonds. The SMILES string of the molecule is COc1cc(C)nc(CN2CCN(CC(C)(C)O)CC2)c1. The Morgan fingerprint density at radius 1 is 1.19 bits per heavy atom. The number of aryl methyl sites for hydroxylation is 1. The minimum atomic E-state index is -0.617. The molecule has 21 heavy (non-hydrogen) atoms. The van der Waals surface area contributed by atoms with Gasteiger partial charge in [0.05, 0.1) is 18.4 Å². The van der Waals surface area contributed by atoms with Crippen LogP contribution in [0, 0.1) is 6.92 Å². The van der Waals surface area contributed by atoms with Crippen LogP contribution in [0.5, 0.6) is 5.75 Å². The molecule has 0 aliphatic carbocycles. The maximum Gasteiger partial charge on any atom is 0.122 e. The molecule has 0 atom stereocenters. The molecular weight excluding hydrogens is 266 g/mol. The molecule has 1 aliphatic rings. The summed E-state index contributed by atoms with van der Waals surface area (Å²) in [6.45, 7) is 11.3. The third-order valence-corrected chi connectivity index (χ3v) is 3.68. The number of β-amino-alcohol motifs (C(OH)–C–C–N with tert-alkyl or cyclic N) is 1. The fourth-order valence-corrected chi connectivity index (χ4v) is 2.78. The molecule has 0 radical (unpaired) electrons. The topological polar surface area (TPSA) is 48.8 Å². The Kier molecular flexibility index (Phi) is 5.19. The van der Waals surface area contributed by atoms with Gasteiger partial charge in [0, 0.05) is 57.1 Å². The molecule has 5 heteroatoms. The van der Waals surface area contributed by atoms with Gasteiger partial charge >= 0.3 is 0 Å². The van der Waals surface area contributed by atoms with Gasteiger partial charge in [-0.15, -0.1) is 0 Å². The van der Waals surface area contributed by atoms with Crippen molar-refractivity contribution in [1.29, 1.82) is 0 Å². The number of hydrogen-bond acceptors (Lipinski definition) is 5. The van der Waals surface area contributed by atoms with Crippen LogP contribution >= 0.6 is 0 Å². The number of methoxy groups -OCH3 is 1. The van der Waals surface area contributed by atoms with Gasteiger partial charge in [-0.1, -0.05) is 0 Å². The second-order valence-corrected chi connectivity index (χ2v) is 6.50. The van der Waals surface area contributed by atoms with E-state index in [1.165, 1.54) is 0 Å². The number of hydrogen-bond donors (Lipinski definition) is 1. The Hall–Kier alpha value is -1.17. The monoisotopic (exact) mass is 293 g/mol. The van der Waals surface area contributed by atoms with E-state index in [2.05, 4.69) is 14.8 Å². The van der Waals surface area contributed by atoms with Gasteiger partial charge in [0.15, 0.2) is 0 Å². The smallest absolute Gasteiger partial charge is 0.122 e. The number of ether oxygens (including phenoxy) is 1. The van der Waals surface area contributed by atoms with Gasteiger partial charge in [0.1, 0.15) is 5.75 Å². The average molecular weight is 293 g/mol. The largest absolute Gasteiger partial charge is 0.497 e. The van der Waals surface area contributed by atoms with Crippen LogP contribution in [0.2, 0.25) is 0 Å². The van der Waals surface area contributed by atoms with E-state index < -0.39 is 5.60 Å². The van der Waals surface area contributed by atoms with Crippen molar-refractivity contribution in [1.82, 2.24) is 14.8 Å². The second kappa shape index (κ2) is 6.73. The number of pyridine rings is 1. The van der Waals surface area contributed by atoms with E-state index in [1.54, 1.807) is 7.11 Å². The van der Waals surface area contributed by atoms with Crippen LogP contribution in [-0.2, 0) is 6.54 Å². The molecular formula is C16H27N3O2. The van der Waals surface area contributed by atoms with E-state index in [-0.39, 0.29) is 0 Å². The highest BCUT2D eigenvalue weighted by atomic mass is 16.5. The van der Waals surface area contributed by atoms with Crippen molar-refractivity contribution in [2.24, 2.45) is 0 Å². The van der Waals surface area contributed by atoms with Gasteiger partial charge in [0.2, 0.25) is 0 Å². The van der Waals surface area contributed by atoms with Crippen LogP contribution in [0.1, 0.15) is 25.2 Å². The molecule has 5 nitrogen and oxygen atoms in total. The molecule has 118 valence electrons. The van der Waals surface area contributed by atoms with E-state index in [0.717, 1.165) is 56.4 Å². The Balaban J connectivity index is 1.87. The maximum atomic E-state index is 9.88. The fourth-order valence-electron chi connectivity index (χ4n) is 2.78. The van der Waals surface area contributed by atoms with Gasteiger partial charge < -0.3 is 9.84 Å². The minimum Gasteiger partial charge on any atom is -0.497 e. The van der Waals surface area contributed by atoms with Crippen LogP contribution in [0.4, 0.5) is 0 Å². The normalized spacial score (nSPS) is 18.0. The van der Waals surface area contributed by atoms with Crippen molar-refractivity contribution in [3.05, 3.63) is 23.5 Å². The predicted octanol–water partition coefficient (Wildman–Crippen LogP) is 1.29. The molecule has 1 aliphatic heterocycles. The molecule has 1 fully saturated rings. The van der Waals surface area contributed by atoms with E-state index >= 15 is 0 Å². The minimum absolute atomic E-state index is 0.617. The number of nitrogens with zero attached hydrogens (tertiary/aromatic N) is 3. The maximum absolute atomic E-state index is 9.88. The molecule has 1 aromatic heterocycles. The third kappa shape index (κ3) is 5.26. The summed E-state index contributed by atoms with van der Waals surface area (Å²) in [5.41, 5.74) is 1.43. The van der Waals surface area contributed by atoms with Crippen molar-refractivity contribution >= 4 is 0 Å². The van der Waals surface area contributed by atoms with Crippen molar-refractivity contribution in [3.8, 4) is 5.75 Å². The third-order valence-electron chi connectivity index (χ3n) is 3.68. The van der Waals surface area contributed by atoms with Crippen LogP contribution in [0.3, 0.4) is 0 Å². The first-order valence-electron chi connectivity index (χ1n) is 7.54. The molecule has 1 aromatic rings. The molecule has 2 rings (SSSR count). The van der Waals surface area contributed by atoms with E-state index in [1.807, 2.05) is 32.9 Å². The van der Waals surface area contributed by atoms with Gasteiger partial charge in [-0.25, -0.2) is 0 Å². The molecule has 0 unspecified atom stereocenters. The lowest BCUT2D eigenvalue weighted by Crippen LogP contribution is -2.50. The fraction of sp³-hybridized carbons (Fsp3) is 0.688. The standard InChI is InChI=1S/C16H27N3O2/c1-13-9-15(21-4)10-14(17-13)11-18-5-7-19(8-6-18)12-16(2,3)20/h9-10,20H,5-8,11-12H2,1-4H3. The number of aromatic nitrogens is 1. The van der Waals surface area contributed by atoms with Gasteiger partial charge in [0.25, 0.3) is 0 Å². The first kappa shape index (κ1) is 16.2. The summed E-state index contributed by atoms with van der Waals surface area (Å²) in [4.78, 5) is 9.30. The molecule has 1 N–H and O–H groups in total. The Morgan fingerprint density at radius 3 is 2.38 bits per heavy atom. The molecule has 0 spiro atoms. The molecule has 0 saturated carbocycles. The molecule has 0 bridgehead atoms. The van der Waals surface area contributed by atoms with Crippen LogP contribution < -0.4 is 4.74 Å². The van der Waals surface area contributed by atoms with Crippen molar-refractivity contribution < 1.29 is 9.84 Å². The summed E-state index contributed by atoms with van der Waals surface area (Å²) in [5.74, 6) is 0.873. The van der Waals surface area contributed by atoms with Crippen LogP contribution in [0.15, 0.2) is 12.1 Å². The average Bonchev–Trinajstić information content (AvgIpc) is 2.38. The highest BCUT2D eigenvalue weighted by molar-refractivity contribution is 5.26. The number of aliphatic hydroxyl groups is 1. The Morgan fingerprint density at radius 2 is 1.81 bits per heavy atom. The summed E-state index contributed by atoms with van der Waals surface area (Å²) >= 11 is 0. The van der Waals surface area contributed by atoms with Crippen LogP contribution in [-0.4, -0.2) is 65.3 Å². The quantitative estimate of drug-likeness (QED) is 0.886. The molecule has 1 saturated heterocycles. The predicted molar refractivity (Wildman–Crippen MR) is 83.5 cm³/mol. The lowest BCUT2D eigenvalue weighted by molar-refractivity contribution is 0.0165. The zero-order valence-electron chi connectivity index (χ0n) is 13.6. The zero-order valence-corrected chi connectivity index (χ0v) is 13.6. The highest BCUT2D eigenvalue weighted by Crippen LogP contribution is 2.16. The summed E-state index contributed by atoms with van der Waals surface area (Å²) in [7, 11) is 1.69. The van der Waals surface area contributed by atoms with Gasteiger partial charge in [-0.05, 0) is 20.8 Å². The number of piperazine rings is 1. The second-order valence-electron chi connectivity index (χ2n) is 6.50. The summed E-state index contributed by atoms with van der Waals surface area (Å²) in [6.07, 6.45) is 0. The van der Waals surface area contributed by atoms with E-state index in [9.17, 15) is 5.11 Å². The Labute approximate surface area is 127 Å². The summed E-state index contributed by atoms with van der Waals surface area (Å²) in [5, 5.41) is 9.88. The number of rotatable bonds is 5. The lowest BCUT2D eigenvalue weighted by Gasteiger charge is -2.37. The highest BCUT2D eigenvalue weighted by Gasteiger charge is 2.22. The first-order chi connectivity index (χ1) is 9.85. The summed E-state index contributed by atoms with van der Waals surface area (Å²) < 4.78 is 5.30. The van der Waals surface area contributed by atoms with E-state index in [0.29, 0.717) is 0 Å². The van der Waals surface area contributed by atoms with Crippen molar-refractivity contribution in [2.75, 3.05) is 39.8 Å². The van der Waals surface area contributed by atoms with Crippen molar-refractivity contribution in [3.63, 3.8) is 0 Å². The molecule has 0 aromatic carbocycles. The summed E-state index contributed by atoms with van der Waals surface area (Å²) in [6, 6.07) is 3.96. The first-order valence-corrected chi connectivity index (χ1v) is 7.54. The van der Waals surface area contributed by atoms with Crippen molar-refractivity contribution in [2.45, 2.75) is 32.9 Å². The Bertz CT molecular complexity index is 463. The van der Waals surface area contributed by atoms with E-state index in [4.69, 9.17) is 4.74 Å². The van der Waals surface area contributed by atoms with Gasteiger partial charge in [-0.3, -0.25) is 14.8 Å².